The maximum absolute atomic E-state index is 14.0. The number of methoxy groups -OCH3 is 2. The molecule has 0 aliphatic carbocycles. The highest BCUT2D eigenvalue weighted by Crippen LogP contribution is 2.43. The number of rotatable bonds is 4. The summed E-state index contributed by atoms with van der Waals surface area (Å²) < 4.78 is 24.7. The molecule has 5 heteroatoms. The van der Waals surface area contributed by atoms with Crippen LogP contribution in [-0.2, 0) is 5.41 Å². The summed E-state index contributed by atoms with van der Waals surface area (Å²) in [6, 6.07) is 1.26. The van der Waals surface area contributed by atoms with Crippen LogP contribution in [0.3, 0.4) is 0 Å². The zero-order valence-electron chi connectivity index (χ0n) is 10.3. The largest absolute Gasteiger partial charge is 0.493 e. The van der Waals surface area contributed by atoms with Crippen molar-refractivity contribution >= 4 is 15.9 Å². The molecular formula is C12H16BrFO3. The van der Waals surface area contributed by atoms with Crippen LogP contribution in [0.2, 0.25) is 0 Å². The minimum atomic E-state index is -0.706. The SMILES string of the molecule is COc1cc(F)c(C(C)(C)CO)c(Br)c1OC. The second-order valence-corrected chi connectivity index (χ2v) is 5.12. The van der Waals surface area contributed by atoms with E-state index in [0.29, 0.717) is 21.5 Å². The van der Waals surface area contributed by atoms with Crippen molar-refractivity contribution < 1.29 is 19.0 Å². The smallest absolute Gasteiger partial charge is 0.175 e. The fourth-order valence-electron chi connectivity index (χ4n) is 1.62. The lowest BCUT2D eigenvalue weighted by molar-refractivity contribution is 0.213. The van der Waals surface area contributed by atoms with E-state index < -0.39 is 11.2 Å². The number of ether oxygens (including phenoxy) is 2. The Hall–Kier alpha value is -0.810. The average Bonchev–Trinajstić information content (AvgIpc) is 2.27. The van der Waals surface area contributed by atoms with Crippen molar-refractivity contribution in [3.8, 4) is 11.5 Å². The summed E-state index contributed by atoms with van der Waals surface area (Å²) in [6.45, 7) is 3.34. The first-order valence-electron chi connectivity index (χ1n) is 5.10. The Morgan fingerprint density at radius 3 is 2.35 bits per heavy atom. The van der Waals surface area contributed by atoms with E-state index in [1.807, 2.05) is 0 Å². The standard InChI is InChI=1S/C12H16BrFO3/c1-12(2,6-15)9-7(14)5-8(16-3)11(17-4)10(9)13/h5,15H,6H2,1-4H3. The Morgan fingerprint density at radius 2 is 1.94 bits per heavy atom. The molecule has 1 N–H and O–H groups in total. The number of halogens is 2. The summed E-state index contributed by atoms with van der Waals surface area (Å²) in [4.78, 5) is 0. The van der Waals surface area contributed by atoms with E-state index in [2.05, 4.69) is 15.9 Å². The van der Waals surface area contributed by atoms with E-state index in [1.54, 1.807) is 13.8 Å². The third-order valence-electron chi connectivity index (χ3n) is 2.64. The molecule has 1 aromatic carbocycles. The molecule has 3 nitrogen and oxygen atoms in total. The van der Waals surface area contributed by atoms with Crippen LogP contribution >= 0.6 is 15.9 Å². The van der Waals surface area contributed by atoms with E-state index >= 15 is 0 Å². The molecule has 0 aliphatic rings. The van der Waals surface area contributed by atoms with Gasteiger partial charge in [0.1, 0.15) is 5.82 Å². The Kier molecular flexibility index (Phi) is 4.38. The molecule has 0 spiro atoms. The van der Waals surface area contributed by atoms with Crippen molar-refractivity contribution in [1.82, 2.24) is 0 Å². The molecule has 0 bridgehead atoms. The first kappa shape index (κ1) is 14.3. The normalized spacial score (nSPS) is 11.5. The van der Waals surface area contributed by atoms with Gasteiger partial charge < -0.3 is 14.6 Å². The molecule has 0 saturated carbocycles. The highest BCUT2D eigenvalue weighted by molar-refractivity contribution is 9.10. The molecular weight excluding hydrogens is 291 g/mol. The molecule has 0 unspecified atom stereocenters. The Bertz CT molecular complexity index is 419. The summed E-state index contributed by atoms with van der Waals surface area (Å²) in [7, 11) is 2.93. The number of hydrogen-bond acceptors (Lipinski definition) is 3. The maximum Gasteiger partial charge on any atom is 0.175 e. The van der Waals surface area contributed by atoms with Gasteiger partial charge in [0.15, 0.2) is 11.5 Å². The summed E-state index contributed by atoms with van der Waals surface area (Å²) in [5.41, 5.74) is -0.333. The second kappa shape index (κ2) is 5.23. The minimum absolute atomic E-state index is 0.169. The van der Waals surface area contributed by atoms with Crippen LogP contribution in [0.25, 0.3) is 0 Å². The molecule has 1 rings (SSSR count). The van der Waals surface area contributed by atoms with Crippen LogP contribution < -0.4 is 9.47 Å². The lowest BCUT2D eigenvalue weighted by Crippen LogP contribution is -2.24. The zero-order valence-corrected chi connectivity index (χ0v) is 11.9. The van der Waals surface area contributed by atoms with E-state index in [0.717, 1.165) is 0 Å². The number of aliphatic hydroxyl groups excluding tert-OH is 1. The van der Waals surface area contributed by atoms with E-state index in [4.69, 9.17) is 9.47 Å². The summed E-state index contributed by atoms with van der Waals surface area (Å²) in [5.74, 6) is 0.299. The van der Waals surface area contributed by atoms with E-state index in [-0.39, 0.29) is 6.61 Å². The van der Waals surface area contributed by atoms with Crippen molar-refractivity contribution in [3.05, 3.63) is 21.9 Å². The molecule has 0 atom stereocenters. The minimum Gasteiger partial charge on any atom is -0.493 e. The van der Waals surface area contributed by atoms with E-state index in [9.17, 15) is 9.50 Å². The van der Waals surface area contributed by atoms with Crippen LogP contribution in [0.1, 0.15) is 19.4 Å². The van der Waals surface area contributed by atoms with Gasteiger partial charge >= 0.3 is 0 Å². The molecule has 0 amide bonds. The fourth-order valence-corrected chi connectivity index (χ4v) is 2.70. The fraction of sp³-hybridized carbons (Fsp3) is 0.500. The summed E-state index contributed by atoms with van der Waals surface area (Å²) in [6.07, 6.45) is 0. The van der Waals surface area contributed by atoms with Gasteiger partial charge in [-0.3, -0.25) is 0 Å². The Morgan fingerprint density at radius 1 is 1.35 bits per heavy atom. The van der Waals surface area contributed by atoms with Crippen molar-refractivity contribution in [2.75, 3.05) is 20.8 Å². The predicted octanol–water partition coefficient (Wildman–Crippen LogP) is 2.88. The highest BCUT2D eigenvalue weighted by Gasteiger charge is 2.29. The van der Waals surface area contributed by atoms with Crippen LogP contribution in [0, 0.1) is 5.82 Å². The molecule has 0 aliphatic heterocycles. The van der Waals surface area contributed by atoms with Gasteiger partial charge in [-0.05, 0) is 15.9 Å². The molecule has 0 radical (unpaired) electrons. The second-order valence-electron chi connectivity index (χ2n) is 4.32. The molecule has 0 aromatic heterocycles. The van der Waals surface area contributed by atoms with Gasteiger partial charge in [-0.1, -0.05) is 13.8 Å². The van der Waals surface area contributed by atoms with Gasteiger partial charge in [-0.25, -0.2) is 4.39 Å². The third kappa shape index (κ3) is 2.55. The highest BCUT2D eigenvalue weighted by atomic mass is 79.9. The third-order valence-corrected chi connectivity index (χ3v) is 3.39. The number of aliphatic hydroxyl groups is 1. The average molecular weight is 307 g/mol. The monoisotopic (exact) mass is 306 g/mol. The van der Waals surface area contributed by atoms with Gasteiger partial charge in [0.25, 0.3) is 0 Å². The topological polar surface area (TPSA) is 38.7 Å². The number of benzene rings is 1. The van der Waals surface area contributed by atoms with Crippen LogP contribution in [0.15, 0.2) is 10.5 Å². The lowest BCUT2D eigenvalue weighted by atomic mass is 9.85. The van der Waals surface area contributed by atoms with Crippen molar-refractivity contribution in [3.63, 3.8) is 0 Å². The lowest BCUT2D eigenvalue weighted by Gasteiger charge is -2.26. The van der Waals surface area contributed by atoms with Gasteiger partial charge in [0.05, 0.1) is 25.3 Å². The van der Waals surface area contributed by atoms with Gasteiger partial charge in [-0.15, -0.1) is 0 Å². The van der Waals surface area contributed by atoms with Crippen LogP contribution in [0.5, 0.6) is 11.5 Å². The molecule has 0 fully saturated rings. The number of hydrogen-bond donors (Lipinski definition) is 1. The van der Waals surface area contributed by atoms with Crippen molar-refractivity contribution in [2.24, 2.45) is 0 Å². The molecule has 17 heavy (non-hydrogen) atoms. The summed E-state index contributed by atoms with van der Waals surface area (Å²) >= 11 is 3.30. The van der Waals surface area contributed by atoms with Gasteiger partial charge in [0.2, 0.25) is 0 Å². The Balaban J connectivity index is 3.53. The van der Waals surface area contributed by atoms with Crippen LogP contribution in [-0.4, -0.2) is 25.9 Å². The van der Waals surface area contributed by atoms with Gasteiger partial charge in [-0.2, -0.15) is 0 Å². The van der Waals surface area contributed by atoms with Gasteiger partial charge in [0, 0.05) is 17.0 Å². The van der Waals surface area contributed by atoms with E-state index in [1.165, 1.54) is 20.3 Å². The Labute approximate surface area is 109 Å². The quantitative estimate of drug-likeness (QED) is 0.929. The van der Waals surface area contributed by atoms with Crippen molar-refractivity contribution in [1.29, 1.82) is 0 Å². The molecule has 1 aromatic rings. The first-order valence-corrected chi connectivity index (χ1v) is 5.89. The molecule has 0 heterocycles. The molecule has 0 saturated heterocycles. The van der Waals surface area contributed by atoms with Crippen LogP contribution in [0.4, 0.5) is 4.39 Å². The van der Waals surface area contributed by atoms with Crippen molar-refractivity contribution in [2.45, 2.75) is 19.3 Å². The summed E-state index contributed by atoms with van der Waals surface area (Å²) in [5, 5.41) is 9.33. The maximum atomic E-state index is 14.0. The zero-order chi connectivity index (χ0) is 13.2. The first-order chi connectivity index (χ1) is 7.88. The predicted molar refractivity (Wildman–Crippen MR) is 67.3 cm³/mol. The molecule has 96 valence electrons.